The summed E-state index contributed by atoms with van der Waals surface area (Å²) in [5, 5.41) is 12.4. The van der Waals surface area contributed by atoms with Crippen LogP contribution in [0.15, 0.2) is 47.4 Å². The van der Waals surface area contributed by atoms with Crippen LogP contribution in [0.25, 0.3) is 0 Å². The molecule has 0 aromatic heterocycles. The molecule has 178 valence electrons. The maximum absolute atomic E-state index is 12.4. The third kappa shape index (κ3) is 12.2. The van der Waals surface area contributed by atoms with Gasteiger partial charge in [0.25, 0.3) is 10.1 Å². The number of rotatable bonds is 16. The van der Waals surface area contributed by atoms with E-state index in [0.29, 0.717) is 12.2 Å². The van der Waals surface area contributed by atoms with E-state index >= 15 is 0 Å². The predicted molar refractivity (Wildman–Crippen MR) is 127 cm³/mol. The van der Waals surface area contributed by atoms with E-state index in [1.54, 1.807) is 36.4 Å². The average molecular weight is 501 g/mol. The zero-order valence-corrected chi connectivity index (χ0v) is 24.2. The van der Waals surface area contributed by atoms with Gasteiger partial charge < -0.3 is 9.84 Å². The SMILES string of the molecule is CCCCCCCCCCCCCCc1cc([O-])c(S(=O)(=O)O)c(Oc2ccccc2)c1.[K+]. The topological polar surface area (TPSA) is 86.7 Å². The molecule has 0 radical (unpaired) electrons. The molecule has 0 saturated carbocycles. The first-order chi connectivity index (χ1) is 15.4. The second kappa shape index (κ2) is 17.1. The van der Waals surface area contributed by atoms with Crippen molar-refractivity contribution in [2.24, 2.45) is 0 Å². The van der Waals surface area contributed by atoms with E-state index in [4.69, 9.17) is 4.74 Å². The number of benzene rings is 2. The number of unbranched alkanes of at least 4 members (excludes halogenated alkanes) is 11. The number of aryl methyl sites for hydroxylation is 1. The van der Waals surface area contributed by atoms with E-state index in [1.807, 2.05) is 0 Å². The second-order valence-corrected chi connectivity index (χ2v) is 9.81. The van der Waals surface area contributed by atoms with Crippen molar-refractivity contribution in [2.75, 3.05) is 0 Å². The van der Waals surface area contributed by atoms with Crippen molar-refractivity contribution < 1.29 is 74.2 Å². The van der Waals surface area contributed by atoms with Crippen molar-refractivity contribution in [3.05, 3.63) is 48.0 Å². The molecule has 0 saturated heterocycles. The molecule has 0 aliphatic carbocycles. The monoisotopic (exact) mass is 500 g/mol. The zero-order valence-electron chi connectivity index (χ0n) is 20.2. The fourth-order valence-electron chi connectivity index (χ4n) is 3.89. The molecule has 0 fully saturated rings. The minimum atomic E-state index is -4.69. The molecule has 0 aliphatic rings. The van der Waals surface area contributed by atoms with Crippen molar-refractivity contribution in [3.63, 3.8) is 0 Å². The summed E-state index contributed by atoms with van der Waals surface area (Å²) in [6, 6.07) is 11.5. The standard InChI is InChI=1S/C26H38O5S.K/c1-2-3-4-5-6-7-8-9-10-11-12-14-17-22-20-24(27)26(32(28,29)30)25(21-22)31-23-18-15-13-16-19-23;/h13,15-16,18-21,27H,2-12,14,17H2,1H3,(H,28,29,30);/q;+1/p-1. The Morgan fingerprint density at radius 2 is 1.33 bits per heavy atom. The Bertz CT molecular complexity index is 900. The third-order valence-electron chi connectivity index (χ3n) is 5.63. The first-order valence-corrected chi connectivity index (χ1v) is 13.4. The number of hydrogen-bond donors (Lipinski definition) is 1. The molecule has 0 atom stereocenters. The molecule has 0 heterocycles. The molecule has 1 N–H and O–H groups in total. The van der Waals surface area contributed by atoms with Crippen LogP contribution in [0.2, 0.25) is 0 Å². The van der Waals surface area contributed by atoms with Gasteiger partial charge in [-0.3, -0.25) is 4.55 Å². The summed E-state index contributed by atoms with van der Waals surface area (Å²) in [7, 11) is -4.69. The van der Waals surface area contributed by atoms with Crippen LogP contribution >= 0.6 is 0 Å². The Labute approximate surface area is 242 Å². The van der Waals surface area contributed by atoms with E-state index in [2.05, 4.69) is 6.92 Å². The molecule has 0 spiro atoms. The molecule has 5 nitrogen and oxygen atoms in total. The first-order valence-electron chi connectivity index (χ1n) is 12.0. The normalized spacial score (nSPS) is 11.2. The number of hydrogen-bond acceptors (Lipinski definition) is 4. The molecular formula is C26H37KO5S. The van der Waals surface area contributed by atoms with Gasteiger partial charge in [-0.05, 0) is 36.6 Å². The fourth-order valence-corrected chi connectivity index (χ4v) is 4.56. The Kier molecular flexibility index (Phi) is 15.9. The van der Waals surface area contributed by atoms with Crippen LogP contribution in [0, 0.1) is 0 Å². The largest absolute Gasteiger partial charge is 1.00 e. The smallest absolute Gasteiger partial charge is 0.871 e. The van der Waals surface area contributed by atoms with Crippen LogP contribution in [0.1, 0.15) is 89.5 Å². The summed E-state index contributed by atoms with van der Waals surface area (Å²) in [4.78, 5) is -0.709. The summed E-state index contributed by atoms with van der Waals surface area (Å²) in [5.41, 5.74) is 0.723. The third-order valence-corrected chi connectivity index (χ3v) is 6.55. The molecule has 0 unspecified atom stereocenters. The van der Waals surface area contributed by atoms with Crippen LogP contribution in [0.5, 0.6) is 17.2 Å². The molecular weight excluding hydrogens is 463 g/mol. The van der Waals surface area contributed by atoms with E-state index in [9.17, 15) is 18.1 Å². The van der Waals surface area contributed by atoms with Gasteiger partial charge in [0, 0.05) is 0 Å². The van der Waals surface area contributed by atoms with Gasteiger partial charge in [-0.1, -0.05) is 108 Å². The van der Waals surface area contributed by atoms with E-state index in [0.717, 1.165) is 24.8 Å². The Morgan fingerprint density at radius 3 is 1.85 bits per heavy atom. The first kappa shape index (κ1) is 30.6. The Hall–Kier alpha value is -0.414. The van der Waals surface area contributed by atoms with Crippen LogP contribution in [0.3, 0.4) is 0 Å². The average Bonchev–Trinajstić information content (AvgIpc) is 2.74. The van der Waals surface area contributed by atoms with Crippen LogP contribution in [-0.2, 0) is 16.5 Å². The summed E-state index contributed by atoms with van der Waals surface area (Å²) < 4.78 is 38.6. The maximum atomic E-state index is 12.4. The second-order valence-electron chi connectivity index (χ2n) is 8.45. The van der Waals surface area contributed by atoms with Crippen molar-refractivity contribution >= 4 is 10.1 Å². The molecule has 33 heavy (non-hydrogen) atoms. The molecule has 0 aliphatic heterocycles. The van der Waals surface area contributed by atoms with Gasteiger partial charge in [0.05, 0.1) is 0 Å². The summed E-state index contributed by atoms with van der Waals surface area (Å²) >= 11 is 0. The quantitative estimate of drug-likeness (QED) is 0.213. The van der Waals surface area contributed by atoms with E-state index < -0.39 is 20.8 Å². The molecule has 0 amide bonds. The van der Waals surface area contributed by atoms with Gasteiger partial charge in [-0.25, -0.2) is 0 Å². The van der Waals surface area contributed by atoms with E-state index in [-0.39, 0.29) is 57.1 Å². The summed E-state index contributed by atoms with van der Waals surface area (Å²) in [5.74, 6) is -0.464. The Morgan fingerprint density at radius 1 is 0.818 bits per heavy atom. The predicted octanol–water partition coefficient (Wildman–Crippen LogP) is 4.05. The van der Waals surface area contributed by atoms with Gasteiger partial charge in [-0.15, -0.1) is 0 Å². The van der Waals surface area contributed by atoms with Crippen molar-refractivity contribution in [1.82, 2.24) is 0 Å². The van der Waals surface area contributed by atoms with Crippen LogP contribution in [0.4, 0.5) is 0 Å². The van der Waals surface area contributed by atoms with Crippen LogP contribution in [-0.4, -0.2) is 13.0 Å². The molecule has 2 aromatic carbocycles. The van der Waals surface area contributed by atoms with E-state index in [1.165, 1.54) is 63.9 Å². The molecule has 2 rings (SSSR count). The molecule has 2 aromatic rings. The van der Waals surface area contributed by atoms with Gasteiger partial charge >= 0.3 is 51.4 Å². The maximum Gasteiger partial charge on any atom is 1.00 e. The van der Waals surface area contributed by atoms with Crippen LogP contribution < -0.4 is 61.2 Å². The zero-order chi connectivity index (χ0) is 23.2. The number of para-hydroxylation sites is 1. The van der Waals surface area contributed by atoms with Crippen molar-refractivity contribution in [3.8, 4) is 17.2 Å². The Balaban J connectivity index is 0.00000544. The minimum Gasteiger partial charge on any atom is -0.871 e. The minimum absolute atomic E-state index is 0. The fraction of sp³-hybridized carbons (Fsp3) is 0.538. The summed E-state index contributed by atoms with van der Waals surface area (Å²) in [6.07, 6.45) is 15.7. The van der Waals surface area contributed by atoms with Gasteiger partial charge in [0.1, 0.15) is 16.4 Å². The van der Waals surface area contributed by atoms with Crippen molar-refractivity contribution in [1.29, 1.82) is 0 Å². The van der Waals surface area contributed by atoms with Crippen molar-refractivity contribution in [2.45, 2.75) is 95.3 Å². The summed E-state index contributed by atoms with van der Waals surface area (Å²) in [6.45, 7) is 2.24. The molecule has 0 bridgehead atoms. The van der Waals surface area contributed by atoms with Gasteiger partial charge in [0.15, 0.2) is 0 Å². The number of ether oxygens (including phenoxy) is 1. The van der Waals surface area contributed by atoms with Gasteiger partial charge in [0.2, 0.25) is 0 Å². The van der Waals surface area contributed by atoms with Gasteiger partial charge in [-0.2, -0.15) is 8.42 Å². The molecule has 7 heteroatoms.